The van der Waals surface area contributed by atoms with Gasteiger partial charge in [-0.25, -0.2) is 0 Å². The Morgan fingerprint density at radius 3 is 1.83 bits per heavy atom. The molecule has 0 aliphatic heterocycles. The molecule has 0 amide bonds. The minimum atomic E-state index is -0.00952. The Bertz CT molecular complexity index is 2640. The highest BCUT2D eigenvalue weighted by atomic mass is 32.1. The van der Waals surface area contributed by atoms with E-state index in [-0.39, 0.29) is 5.41 Å². The second-order valence-corrected chi connectivity index (χ2v) is 14.4. The maximum Gasteiger partial charge on any atom is 0.0555 e. The molecule has 0 spiro atoms. The van der Waals surface area contributed by atoms with E-state index >= 15 is 0 Å². The van der Waals surface area contributed by atoms with Gasteiger partial charge in [0.2, 0.25) is 0 Å². The van der Waals surface area contributed by atoms with Gasteiger partial charge in [-0.15, -0.1) is 11.3 Å². The van der Waals surface area contributed by atoms with E-state index in [4.69, 9.17) is 0 Å². The third kappa shape index (κ3) is 3.79. The lowest BCUT2D eigenvalue weighted by Crippen LogP contribution is -2.14. The maximum absolute atomic E-state index is 2.44. The van der Waals surface area contributed by atoms with Crippen molar-refractivity contribution in [2.24, 2.45) is 0 Å². The quantitative estimate of drug-likeness (QED) is 0.187. The van der Waals surface area contributed by atoms with Gasteiger partial charge in [0.05, 0.1) is 11.0 Å². The van der Waals surface area contributed by atoms with Crippen LogP contribution in [0.25, 0.3) is 58.8 Å². The number of hydrogen-bond acceptors (Lipinski definition) is 2. The first-order valence-electron chi connectivity index (χ1n) is 16.6. The molecule has 3 heteroatoms. The summed E-state index contributed by atoms with van der Waals surface area (Å²) < 4.78 is 5.20. The molecule has 0 N–H and O–H groups in total. The highest BCUT2D eigenvalue weighted by molar-refractivity contribution is 7.27. The zero-order valence-electron chi connectivity index (χ0n) is 26.8. The van der Waals surface area contributed by atoms with Gasteiger partial charge in [0.15, 0.2) is 0 Å². The number of aromatic nitrogens is 1. The van der Waals surface area contributed by atoms with Crippen molar-refractivity contribution in [1.29, 1.82) is 0 Å². The Kier molecular flexibility index (Phi) is 5.82. The number of para-hydroxylation sites is 3. The van der Waals surface area contributed by atoms with Gasteiger partial charge < -0.3 is 9.47 Å². The Morgan fingerprint density at radius 2 is 1.08 bits per heavy atom. The second kappa shape index (κ2) is 10.2. The Morgan fingerprint density at radius 1 is 0.479 bits per heavy atom. The summed E-state index contributed by atoms with van der Waals surface area (Å²) in [5.74, 6) is 0. The molecule has 2 nitrogen and oxygen atoms in total. The van der Waals surface area contributed by atoms with Crippen LogP contribution in [0.15, 0.2) is 158 Å². The van der Waals surface area contributed by atoms with Crippen molar-refractivity contribution < 1.29 is 0 Å². The van der Waals surface area contributed by atoms with Crippen LogP contribution in [-0.4, -0.2) is 4.57 Å². The SMILES string of the molecule is CC1(C)c2ccccc2-c2c1ccc1c2sc2c1ccc1c2c2ccccc2n1-c1ccc(N(c2ccccc2)c2ccccc2)cc1. The lowest BCUT2D eigenvalue weighted by atomic mass is 9.82. The zero-order chi connectivity index (χ0) is 32.0. The van der Waals surface area contributed by atoms with Crippen LogP contribution in [0.5, 0.6) is 0 Å². The molecule has 0 fully saturated rings. The molecule has 0 saturated heterocycles. The van der Waals surface area contributed by atoms with E-state index in [0.717, 1.165) is 22.7 Å². The average molecular weight is 633 g/mol. The van der Waals surface area contributed by atoms with Crippen LogP contribution >= 0.6 is 11.3 Å². The van der Waals surface area contributed by atoms with Gasteiger partial charge >= 0.3 is 0 Å². The minimum absolute atomic E-state index is 0.00952. The fourth-order valence-corrected chi connectivity index (χ4v) is 9.58. The fourth-order valence-electron chi connectivity index (χ4n) is 8.16. The van der Waals surface area contributed by atoms with Crippen LogP contribution < -0.4 is 4.90 Å². The molecular weight excluding hydrogens is 601 g/mol. The number of benzene rings is 7. The van der Waals surface area contributed by atoms with Crippen molar-refractivity contribution in [3.63, 3.8) is 0 Å². The van der Waals surface area contributed by atoms with Gasteiger partial charge in [0, 0.05) is 64.7 Å². The van der Waals surface area contributed by atoms with Gasteiger partial charge in [-0.2, -0.15) is 0 Å². The molecule has 0 unspecified atom stereocenters. The molecule has 10 rings (SSSR count). The summed E-state index contributed by atoms with van der Waals surface area (Å²) in [5.41, 5.74) is 12.7. The van der Waals surface area contributed by atoms with Crippen molar-refractivity contribution in [3.8, 4) is 16.8 Å². The fraction of sp³-hybridized carbons (Fsp3) is 0.0667. The minimum Gasteiger partial charge on any atom is -0.311 e. The third-order valence-electron chi connectivity index (χ3n) is 10.4. The zero-order valence-corrected chi connectivity index (χ0v) is 27.6. The summed E-state index contributed by atoms with van der Waals surface area (Å²) in [6.07, 6.45) is 0. The second-order valence-electron chi connectivity index (χ2n) is 13.3. The van der Waals surface area contributed by atoms with Gasteiger partial charge in [0.25, 0.3) is 0 Å². The molecule has 2 heterocycles. The molecule has 228 valence electrons. The Labute approximate surface area is 283 Å². The number of hydrogen-bond donors (Lipinski definition) is 0. The summed E-state index contributed by atoms with van der Waals surface area (Å²) >= 11 is 1.97. The molecule has 0 saturated carbocycles. The van der Waals surface area contributed by atoms with E-state index in [9.17, 15) is 0 Å². The predicted molar refractivity (Wildman–Crippen MR) is 206 cm³/mol. The molecule has 2 aromatic heterocycles. The van der Waals surface area contributed by atoms with Crippen LogP contribution in [-0.2, 0) is 5.41 Å². The van der Waals surface area contributed by atoms with Crippen molar-refractivity contribution in [2.45, 2.75) is 19.3 Å². The van der Waals surface area contributed by atoms with Crippen LogP contribution in [0.3, 0.4) is 0 Å². The highest BCUT2D eigenvalue weighted by Gasteiger charge is 2.36. The Balaban J connectivity index is 1.18. The lowest BCUT2D eigenvalue weighted by Gasteiger charge is -2.25. The summed E-state index contributed by atoms with van der Waals surface area (Å²) in [7, 11) is 0. The normalized spacial score (nSPS) is 13.4. The van der Waals surface area contributed by atoms with Crippen molar-refractivity contribution in [1.82, 2.24) is 4.57 Å². The van der Waals surface area contributed by atoms with Crippen LogP contribution in [0.1, 0.15) is 25.0 Å². The van der Waals surface area contributed by atoms with Crippen molar-refractivity contribution in [2.75, 3.05) is 4.90 Å². The van der Waals surface area contributed by atoms with Crippen LogP contribution in [0.2, 0.25) is 0 Å². The maximum atomic E-state index is 2.44. The first-order valence-corrected chi connectivity index (χ1v) is 17.4. The van der Waals surface area contributed by atoms with E-state index in [1.165, 1.54) is 64.2 Å². The predicted octanol–water partition coefficient (Wildman–Crippen LogP) is 12.9. The molecule has 9 aromatic rings. The molecule has 1 aliphatic carbocycles. The van der Waals surface area contributed by atoms with Crippen LogP contribution in [0, 0.1) is 0 Å². The molecule has 1 aliphatic rings. The third-order valence-corrected chi connectivity index (χ3v) is 11.6. The number of anilines is 3. The molecule has 48 heavy (non-hydrogen) atoms. The number of rotatable bonds is 4. The van der Waals surface area contributed by atoms with Crippen molar-refractivity contribution >= 4 is 70.4 Å². The first kappa shape index (κ1) is 27.5. The largest absolute Gasteiger partial charge is 0.311 e. The standard InChI is InChI=1S/C45H32N2S/c1-45(2)37-19-11-9-17-35(37)41-38(45)27-25-33-34-26-28-40-42(44(34)48-43(33)41)36-18-10-12-20-39(36)47(40)32-23-21-31(22-24-32)46(29-13-5-3-6-14-29)30-15-7-4-8-16-30/h3-28H,1-2H3. The van der Waals surface area contributed by atoms with E-state index in [0.29, 0.717) is 0 Å². The van der Waals surface area contributed by atoms with E-state index in [1.807, 2.05) is 11.3 Å². The molecule has 0 radical (unpaired) electrons. The molecule has 0 atom stereocenters. The van der Waals surface area contributed by atoms with E-state index < -0.39 is 0 Å². The summed E-state index contributed by atoms with van der Waals surface area (Å²) in [5, 5.41) is 5.32. The smallest absolute Gasteiger partial charge is 0.0555 e. The lowest BCUT2D eigenvalue weighted by molar-refractivity contribution is 0.661. The van der Waals surface area contributed by atoms with E-state index in [1.54, 1.807) is 0 Å². The monoisotopic (exact) mass is 632 g/mol. The number of fused-ring (bicyclic) bond motifs is 11. The molecule has 0 bridgehead atoms. The van der Waals surface area contributed by atoms with Gasteiger partial charge in [-0.3, -0.25) is 0 Å². The summed E-state index contributed by atoms with van der Waals surface area (Å²) in [6.45, 7) is 4.74. The van der Waals surface area contributed by atoms with Crippen molar-refractivity contribution in [3.05, 3.63) is 169 Å². The summed E-state index contributed by atoms with van der Waals surface area (Å²) in [6, 6.07) is 57.5. The topological polar surface area (TPSA) is 8.17 Å². The molecule has 7 aromatic carbocycles. The van der Waals surface area contributed by atoms with Gasteiger partial charge in [-0.1, -0.05) is 111 Å². The van der Waals surface area contributed by atoms with Gasteiger partial charge in [-0.05, 0) is 77.4 Å². The average Bonchev–Trinajstić information content (AvgIpc) is 3.75. The molecular formula is C45H32N2S. The Hall–Kier alpha value is -5.64. The number of nitrogens with zero attached hydrogens (tertiary/aromatic N) is 2. The number of thiophene rings is 1. The summed E-state index contributed by atoms with van der Waals surface area (Å²) in [4.78, 5) is 2.31. The highest BCUT2D eigenvalue weighted by Crippen LogP contribution is 2.54. The van der Waals surface area contributed by atoms with E-state index in [2.05, 4.69) is 181 Å². The van der Waals surface area contributed by atoms with Crippen LogP contribution in [0.4, 0.5) is 17.1 Å². The van der Waals surface area contributed by atoms with Gasteiger partial charge in [0.1, 0.15) is 0 Å². The first-order chi connectivity index (χ1) is 23.6.